The van der Waals surface area contributed by atoms with E-state index in [9.17, 15) is 19.5 Å². The van der Waals surface area contributed by atoms with Crippen molar-refractivity contribution in [3.63, 3.8) is 0 Å². The largest absolute Gasteiger partial charge is 2.00 e. The molecule has 1 aromatic heterocycles. The van der Waals surface area contributed by atoms with Gasteiger partial charge in [0.05, 0.1) is 78.2 Å². The number of hydrogen-bond acceptors (Lipinski definition) is 11. The first-order valence-electron chi connectivity index (χ1n) is 20.0. The number of benzene rings is 4. The Morgan fingerprint density at radius 3 is 1.17 bits per heavy atom. The van der Waals surface area contributed by atoms with Gasteiger partial charge in [-0.15, -0.1) is 11.4 Å². The number of esters is 3. The van der Waals surface area contributed by atoms with Crippen LogP contribution in [0.5, 0.6) is 0 Å². The van der Waals surface area contributed by atoms with Crippen LogP contribution in [0.25, 0.3) is 28.2 Å². The second-order valence-corrected chi connectivity index (χ2v) is 14.6. The van der Waals surface area contributed by atoms with E-state index in [1.807, 2.05) is 97.1 Å². The zero-order chi connectivity index (χ0) is 44.5. The molecule has 0 amide bonds. The van der Waals surface area contributed by atoms with Gasteiger partial charge in [-0.1, -0.05) is 72.8 Å². The van der Waals surface area contributed by atoms with E-state index in [1.54, 1.807) is 48.5 Å². The molecule has 5 heterocycles. The second-order valence-electron chi connectivity index (χ2n) is 14.6. The van der Waals surface area contributed by atoms with Crippen LogP contribution in [0.3, 0.4) is 0 Å². The molecule has 0 unspecified atom stereocenters. The summed E-state index contributed by atoms with van der Waals surface area (Å²) in [7, 11) is 5.35. The Morgan fingerprint density at radius 1 is 0.431 bits per heavy atom. The van der Waals surface area contributed by atoms with Gasteiger partial charge in [0, 0.05) is 11.1 Å². The number of ether oxygens (including phenoxy) is 4. The van der Waals surface area contributed by atoms with Gasteiger partial charge in [0.15, 0.2) is 0 Å². The van der Waals surface area contributed by atoms with E-state index in [0.29, 0.717) is 89.8 Å². The van der Waals surface area contributed by atoms with Gasteiger partial charge >= 0.3 is 34.7 Å². The molecule has 321 valence electrons. The molecule has 9 rings (SSSR count). The molecule has 65 heavy (non-hydrogen) atoms. The van der Waals surface area contributed by atoms with Gasteiger partial charge in [0.1, 0.15) is 0 Å². The molecule has 4 aromatic carbocycles. The fraction of sp³-hybridized carbons (Fsp3) is 0.0769. The summed E-state index contributed by atoms with van der Waals surface area (Å²) in [6, 6.07) is 32.1. The summed E-state index contributed by atoms with van der Waals surface area (Å²) in [5.41, 5.74) is 11.0. The normalized spacial score (nSPS) is 14.8. The number of carbonyl (C=O) groups excluding carboxylic acids is 3. The molecule has 13 heteroatoms. The number of rotatable bonds is 7. The van der Waals surface area contributed by atoms with E-state index in [2.05, 4.69) is 0 Å². The minimum Gasteiger partial charge on any atom is -0.657 e. The molecule has 4 aliphatic heterocycles. The van der Waals surface area contributed by atoms with Gasteiger partial charge in [-0.25, -0.2) is 29.4 Å². The van der Waals surface area contributed by atoms with E-state index in [0.717, 1.165) is 21.9 Å². The molecule has 12 nitrogen and oxygen atoms in total. The van der Waals surface area contributed by atoms with E-state index in [1.165, 1.54) is 28.4 Å². The molecule has 0 spiro atoms. The van der Waals surface area contributed by atoms with Crippen LogP contribution < -0.4 is 20.5 Å². The molecule has 0 saturated carbocycles. The van der Waals surface area contributed by atoms with Crippen LogP contribution >= 0.6 is 0 Å². The standard InChI is InChI=1S/C52H38N4O8.Co/c1-61-49(57)33-13-5-29(6-14-33)45-37-21-23-39(53-37)46(30-7-15-34(16-8-30)50(58)62-2)41-25-27-43(55-41)48(32-11-19-36(20-12-32)52(60)64-4)44-28-26-42(56-44)47(40-24-22-38(45)54-40)31-9-17-35(18-10-31)51(59)63-3;/h5-28H,1-4H3,(H2,53,54,55,56,57,58,59,60);/q;+2/p-2. The molecule has 0 fully saturated rings. The molecular formula is C52H36CoN4O8. The third-order valence-corrected chi connectivity index (χ3v) is 11.0. The van der Waals surface area contributed by atoms with Crippen LogP contribution in [0, 0.1) is 0 Å². The van der Waals surface area contributed by atoms with Crippen molar-refractivity contribution < 1.29 is 55.2 Å². The number of methoxy groups -OCH3 is 4. The van der Waals surface area contributed by atoms with Crippen molar-refractivity contribution in [3.8, 4) is 0 Å². The minimum absolute atomic E-state index is 0. The zero-order valence-corrected chi connectivity index (χ0v) is 36.3. The van der Waals surface area contributed by atoms with E-state index < -0.39 is 23.9 Å². The van der Waals surface area contributed by atoms with Crippen molar-refractivity contribution in [2.24, 2.45) is 15.0 Å². The molecule has 0 N–H and O–H groups in total. The van der Waals surface area contributed by atoms with Crippen molar-refractivity contribution >= 4 is 63.3 Å². The summed E-state index contributed by atoms with van der Waals surface area (Å²) in [4.78, 5) is 58.4. The first kappa shape index (κ1) is 43.5. The molecule has 1 radical (unpaired) electrons. The second kappa shape index (κ2) is 18.3. The SMILES string of the molecule is COC(=O)c1ccc(C2=C3C=CC(=N3)C(c3ccc(C(=O)OC)cc3)=C3C=CC(=N3)C(=c3ccc(=C([O-])OC)cc3)c3ccc([n-]3)C(c3ccc(C(=O)OC)cc3)=C3C=CC2=N3)cc1.[Co+2]. The first-order valence-corrected chi connectivity index (χ1v) is 20.0. The maximum Gasteiger partial charge on any atom is 2.00 e. The fourth-order valence-corrected chi connectivity index (χ4v) is 7.83. The molecule has 5 aromatic rings. The average molecular weight is 904 g/mol. The Morgan fingerprint density at radius 2 is 0.785 bits per heavy atom. The van der Waals surface area contributed by atoms with Crippen LogP contribution in [-0.2, 0) is 35.7 Å². The Balaban J connectivity index is 0.00000576. The van der Waals surface area contributed by atoms with E-state index >= 15 is 0 Å². The summed E-state index contributed by atoms with van der Waals surface area (Å²) in [5, 5.41) is 13.6. The van der Waals surface area contributed by atoms with E-state index in [-0.39, 0.29) is 16.8 Å². The number of allylic oxidation sites excluding steroid dienone is 8. The molecule has 0 aliphatic carbocycles. The van der Waals surface area contributed by atoms with Crippen LogP contribution in [0.4, 0.5) is 0 Å². The summed E-state index contributed by atoms with van der Waals surface area (Å²) in [6.07, 6.45) is 11.5. The number of aliphatic imine (C=N–C) groups is 3. The molecule has 0 atom stereocenters. The zero-order valence-electron chi connectivity index (χ0n) is 35.2. The first-order chi connectivity index (χ1) is 31.2. The van der Waals surface area contributed by atoms with Crippen LogP contribution in [-0.4, -0.2) is 63.5 Å². The predicted octanol–water partition coefficient (Wildman–Crippen LogP) is 5.90. The monoisotopic (exact) mass is 903 g/mol. The quantitative estimate of drug-likeness (QED) is 0.143. The van der Waals surface area contributed by atoms with Gasteiger partial charge in [0.25, 0.3) is 0 Å². The maximum absolute atomic E-state index is 12.5. The van der Waals surface area contributed by atoms with Crippen LogP contribution in [0.2, 0.25) is 0 Å². The molecule has 4 aliphatic rings. The number of hydrogen-bond donors (Lipinski definition) is 0. The average Bonchev–Trinajstić information content (AvgIpc) is 4.20. The van der Waals surface area contributed by atoms with Crippen molar-refractivity contribution in [2.45, 2.75) is 0 Å². The Kier molecular flexibility index (Phi) is 12.2. The summed E-state index contributed by atoms with van der Waals surface area (Å²) < 4.78 is 19.9. The maximum atomic E-state index is 12.5. The van der Waals surface area contributed by atoms with Crippen LogP contribution in [0.1, 0.15) is 59.2 Å². The van der Waals surface area contributed by atoms with Crippen molar-refractivity contribution in [1.29, 1.82) is 0 Å². The van der Waals surface area contributed by atoms with Crippen molar-refractivity contribution in [2.75, 3.05) is 28.4 Å². The van der Waals surface area contributed by atoms with Gasteiger partial charge in [-0.05, 0) is 118 Å². The molecular weight excluding hydrogens is 868 g/mol. The predicted molar refractivity (Wildman–Crippen MR) is 241 cm³/mol. The van der Waals surface area contributed by atoms with Crippen LogP contribution in [0.15, 0.2) is 178 Å². The molecule has 8 bridgehead atoms. The van der Waals surface area contributed by atoms with Gasteiger partial charge in [-0.3, -0.25) is 0 Å². The van der Waals surface area contributed by atoms with E-state index in [4.69, 9.17) is 38.9 Å². The number of fused-ring (bicyclic) bond motifs is 5. The van der Waals surface area contributed by atoms with Gasteiger partial charge in [0.2, 0.25) is 0 Å². The number of aromatic nitrogens is 1. The van der Waals surface area contributed by atoms with Crippen molar-refractivity contribution in [3.05, 3.63) is 218 Å². The van der Waals surface area contributed by atoms with Gasteiger partial charge < -0.3 is 29.0 Å². The smallest absolute Gasteiger partial charge is 0.657 e. The van der Waals surface area contributed by atoms with Gasteiger partial charge in [-0.2, -0.15) is 0 Å². The number of carbonyl (C=O) groups is 3. The minimum atomic E-state index is -0.464. The summed E-state index contributed by atoms with van der Waals surface area (Å²) in [5.74, 6) is -1.86. The summed E-state index contributed by atoms with van der Waals surface area (Å²) in [6.45, 7) is 0. The Hall–Kier alpha value is -8.13. The topological polar surface area (TPSA) is 162 Å². The Labute approximate surface area is 383 Å². The summed E-state index contributed by atoms with van der Waals surface area (Å²) >= 11 is 0. The number of nitrogens with zero attached hydrogens (tertiary/aromatic N) is 4. The third kappa shape index (κ3) is 8.29. The third-order valence-electron chi connectivity index (χ3n) is 11.0. The van der Waals surface area contributed by atoms with Crippen molar-refractivity contribution in [1.82, 2.24) is 4.98 Å². The fourth-order valence-electron chi connectivity index (χ4n) is 7.83. The molecule has 0 saturated heterocycles. The Bertz CT molecular complexity index is 3210.